The van der Waals surface area contributed by atoms with Crippen molar-refractivity contribution in [2.45, 2.75) is 0 Å². The molecule has 0 radical (unpaired) electrons. The lowest BCUT2D eigenvalue weighted by molar-refractivity contribution is 0.613. The molecular formula is C10H6N4O. The molecule has 0 saturated heterocycles. The van der Waals surface area contributed by atoms with Crippen molar-refractivity contribution < 1.29 is 4.42 Å². The number of hydrogen-bond donors (Lipinski definition) is 0. The van der Waals surface area contributed by atoms with Crippen molar-refractivity contribution >= 4 is 11.1 Å². The lowest BCUT2D eigenvalue weighted by Gasteiger charge is -1.88. The summed E-state index contributed by atoms with van der Waals surface area (Å²) in [4.78, 5) is 4.29. The first kappa shape index (κ1) is 8.05. The van der Waals surface area contributed by atoms with Crippen LogP contribution in [0.3, 0.4) is 0 Å². The largest absolute Gasteiger partial charge is 0.435 e. The van der Waals surface area contributed by atoms with Gasteiger partial charge < -0.3 is 4.42 Å². The van der Waals surface area contributed by atoms with E-state index in [1.165, 1.54) is 0 Å². The van der Waals surface area contributed by atoms with Crippen LogP contribution in [0.5, 0.6) is 0 Å². The van der Waals surface area contributed by atoms with Gasteiger partial charge in [0.15, 0.2) is 11.3 Å². The minimum Gasteiger partial charge on any atom is -0.435 e. The Kier molecular flexibility index (Phi) is 1.68. The first-order chi connectivity index (χ1) is 7.43. The summed E-state index contributed by atoms with van der Waals surface area (Å²) in [6.45, 7) is 0. The molecule has 0 spiro atoms. The standard InChI is InChI=1S/C10H6N4O/c1-2-4-9-7(3-1)12-10(15-9)8-5-6-11-14-13-8/h1-6H. The molecular weight excluding hydrogens is 192 g/mol. The molecule has 0 bridgehead atoms. The highest BCUT2D eigenvalue weighted by Crippen LogP contribution is 2.21. The monoisotopic (exact) mass is 198 g/mol. The van der Waals surface area contributed by atoms with E-state index in [4.69, 9.17) is 4.42 Å². The normalized spacial score (nSPS) is 10.7. The van der Waals surface area contributed by atoms with Crippen molar-refractivity contribution in [3.63, 3.8) is 0 Å². The Balaban J connectivity index is 2.21. The molecule has 1 aromatic carbocycles. The van der Waals surface area contributed by atoms with Crippen LogP contribution >= 0.6 is 0 Å². The number of nitrogens with zero attached hydrogens (tertiary/aromatic N) is 4. The molecule has 0 amide bonds. The third kappa shape index (κ3) is 1.34. The van der Waals surface area contributed by atoms with E-state index < -0.39 is 0 Å². The highest BCUT2D eigenvalue weighted by atomic mass is 16.3. The van der Waals surface area contributed by atoms with E-state index in [0.717, 1.165) is 11.1 Å². The van der Waals surface area contributed by atoms with Crippen molar-refractivity contribution in [3.05, 3.63) is 36.5 Å². The Bertz CT molecular complexity index is 557. The Morgan fingerprint density at radius 2 is 2.00 bits per heavy atom. The SMILES string of the molecule is c1ccc2oc(-c3ccnnn3)nc2c1. The van der Waals surface area contributed by atoms with E-state index in [0.29, 0.717) is 11.6 Å². The summed E-state index contributed by atoms with van der Waals surface area (Å²) in [5.41, 5.74) is 2.14. The number of rotatable bonds is 1. The zero-order valence-electron chi connectivity index (χ0n) is 7.66. The van der Waals surface area contributed by atoms with E-state index in [1.807, 2.05) is 24.3 Å². The molecule has 5 heteroatoms. The van der Waals surface area contributed by atoms with Crippen LogP contribution in [0, 0.1) is 0 Å². The van der Waals surface area contributed by atoms with Crippen LogP contribution in [0.25, 0.3) is 22.7 Å². The molecule has 0 atom stereocenters. The quantitative estimate of drug-likeness (QED) is 0.595. The number of aromatic nitrogens is 4. The molecule has 0 fully saturated rings. The zero-order chi connectivity index (χ0) is 10.1. The van der Waals surface area contributed by atoms with Crippen LogP contribution < -0.4 is 0 Å². The van der Waals surface area contributed by atoms with Crippen LogP contribution in [-0.4, -0.2) is 20.4 Å². The first-order valence-corrected chi connectivity index (χ1v) is 4.44. The van der Waals surface area contributed by atoms with Crippen molar-refractivity contribution in [1.82, 2.24) is 20.4 Å². The average molecular weight is 198 g/mol. The lowest BCUT2D eigenvalue weighted by Crippen LogP contribution is -1.88. The predicted octanol–water partition coefficient (Wildman–Crippen LogP) is 1.68. The van der Waals surface area contributed by atoms with E-state index in [1.54, 1.807) is 12.3 Å². The van der Waals surface area contributed by atoms with Gasteiger partial charge in [-0.1, -0.05) is 12.1 Å². The van der Waals surface area contributed by atoms with Gasteiger partial charge in [-0.25, -0.2) is 4.98 Å². The van der Waals surface area contributed by atoms with Gasteiger partial charge in [0.25, 0.3) is 0 Å². The van der Waals surface area contributed by atoms with E-state index in [-0.39, 0.29) is 0 Å². The van der Waals surface area contributed by atoms with Gasteiger partial charge in [-0.05, 0) is 23.4 Å². The minimum absolute atomic E-state index is 0.464. The lowest BCUT2D eigenvalue weighted by atomic mass is 10.3. The van der Waals surface area contributed by atoms with Crippen molar-refractivity contribution in [2.75, 3.05) is 0 Å². The van der Waals surface area contributed by atoms with Gasteiger partial charge in [-0.2, -0.15) is 0 Å². The summed E-state index contributed by atoms with van der Waals surface area (Å²) >= 11 is 0. The van der Waals surface area contributed by atoms with Crippen LogP contribution in [-0.2, 0) is 0 Å². The molecule has 72 valence electrons. The van der Waals surface area contributed by atoms with Gasteiger partial charge in [0.05, 0.1) is 6.20 Å². The maximum absolute atomic E-state index is 5.51. The van der Waals surface area contributed by atoms with E-state index in [9.17, 15) is 0 Å². The molecule has 0 unspecified atom stereocenters. The third-order valence-electron chi connectivity index (χ3n) is 2.02. The molecule has 3 aromatic rings. The molecule has 0 aliphatic heterocycles. The second-order valence-electron chi connectivity index (χ2n) is 2.99. The van der Waals surface area contributed by atoms with Gasteiger partial charge in [0.2, 0.25) is 5.89 Å². The molecule has 15 heavy (non-hydrogen) atoms. The summed E-state index contributed by atoms with van der Waals surface area (Å²) in [5, 5.41) is 11.0. The molecule has 2 heterocycles. The Morgan fingerprint density at radius 1 is 1.07 bits per heavy atom. The zero-order valence-corrected chi connectivity index (χ0v) is 7.66. The summed E-state index contributed by atoms with van der Waals surface area (Å²) in [5.74, 6) is 0.464. The van der Waals surface area contributed by atoms with Gasteiger partial charge in [0.1, 0.15) is 5.52 Å². The minimum atomic E-state index is 0.464. The fraction of sp³-hybridized carbons (Fsp3) is 0. The fourth-order valence-electron chi connectivity index (χ4n) is 1.34. The first-order valence-electron chi connectivity index (χ1n) is 4.44. The maximum Gasteiger partial charge on any atom is 0.248 e. The van der Waals surface area contributed by atoms with Crippen LogP contribution in [0.4, 0.5) is 0 Å². The predicted molar refractivity (Wildman–Crippen MR) is 52.8 cm³/mol. The molecule has 0 aliphatic carbocycles. The summed E-state index contributed by atoms with van der Waals surface area (Å²) in [6.07, 6.45) is 1.55. The van der Waals surface area contributed by atoms with Gasteiger partial charge in [-0.15, -0.1) is 10.2 Å². The molecule has 3 rings (SSSR count). The number of oxazole rings is 1. The molecule has 0 saturated carbocycles. The summed E-state index contributed by atoms with van der Waals surface area (Å²) in [6, 6.07) is 9.26. The van der Waals surface area contributed by atoms with Gasteiger partial charge in [0, 0.05) is 0 Å². The molecule has 0 aliphatic rings. The highest BCUT2D eigenvalue weighted by Gasteiger charge is 2.08. The topological polar surface area (TPSA) is 64.7 Å². The van der Waals surface area contributed by atoms with E-state index >= 15 is 0 Å². The number of benzene rings is 1. The van der Waals surface area contributed by atoms with Crippen molar-refractivity contribution in [1.29, 1.82) is 0 Å². The van der Waals surface area contributed by atoms with Crippen LogP contribution in [0.2, 0.25) is 0 Å². The average Bonchev–Trinajstić information content (AvgIpc) is 2.74. The molecule has 5 nitrogen and oxygen atoms in total. The number of hydrogen-bond acceptors (Lipinski definition) is 5. The van der Waals surface area contributed by atoms with E-state index in [2.05, 4.69) is 20.4 Å². The summed E-state index contributed by atoms with van der Waals surface area (Å²) in [7, 11) is 0. The Labute approximate surface area is 84.8 Å². The van der Waals surface area contributed by atoms with Crippen molar-refractivity contribution in [3.8, 4) is 11.6 Å². The van der Waals surface area contributed by atoms with Gasteiger partial charge >= 0.3 is 0 Å². The molecule has 2 aromatic heterocycles. The number of fused-ring (bicyclic) bond motifs is 1. The maximum atomic E-state index is 5.51. The van der Waals surface area contributed by atoms with Crippen molar-refractivity contribution in [2.24, 2.45) is 0 Å². The smallest absolute Gasteiger partial charge is 0.248 e. The Hall–Kier alpha value is -2.30. The van der Waals surface area contributed by atoms with Gasteiger partial charge in [-0.3, -0.25) is 0 Å². The second kappa shape index (κ2) is 3.13. The van der Waals surface area contributed by atoms with Crippen LogP contribution in [0.15, 0.2) is 40.9 Å². The highest BCUT2D eigenvalue weighted by molar-refractivity contribution is 5.75. The third-order valence-corrected chi connectivity index (χ3v) is 2.02. The second-order valence-corrected chi connectivity index (χ2v) is 2.99. The summed E-state index contributed by atoms with van der Waals surface area (Å²) < 4.78 is 5.51. The molecule has 0 N–H and O–H groups in total. The Morgan fingerprint density at radius 3 is 2.80 bits per heavy atom. The van der Waals surface area contributed by atoms with Crippen LogP contribution in [0.1, 0.15) is 0 Å². The fourth-order valence-corrected chi connectivity index (χ4v) is 1.34. The number of para-hydroxylation sites is 2.